The molecule has 1 N–H and O–H groups in total. The van der Waals surface area contributed by atoms with Gasteiger partial charge in [-0.25, -0.2) is 4.79 Å². The minimum atomic E-state index is -0.610. The Balaban J connectivity index is 1.76. The van der Waals surface area contributed by atoms with E-state index in [2.05, 4.69) is 32.9 Å². The SMILES string of the molecule is CC(C)(C)OC(=O)N(CCc1ccccn1)c1ccc(NC(=O)c2ccccc2I)cc1. The largest absolute Gasteiger partial charge is 0.443 e. The first-order valence-electron chi connectivity index (χ1n) is 10.3. The summed E-state index contributed by atoms with van der Waals surface area (Å²) in [6.07, 6.45) is 1.90. The third kappa shape index (κ3) is 6.78. The minimum Gasteiger partial charge on any atom is -0.443 e. The van der Waals surface area contributed by atoms with Gasteiger partial charge in [-0.15, -0.1) is 0 Å². The summed E-state index contributed by atoms with van der Waals surface area (Å²) in [6, 6.07) is 20.3. The van der Waals surface area contributed by atoms with E-state index in [-0.39, 0.29) is 5.91 Å². The molecule has 0 atom stereocenters. The molecular weight excluding hydrogens is 517 g/mol. The summed E-state index contributed by atoms with van der Waals surface area (Å²) in [4.78, 5) is 31.4. The maximum absolute atomic E-state index is 12.9. The van der Waals surface area contributed by atoms with Crippen molar-refractivity contribution in [2.45, 2.75) is 32.8 Å². The summed E-state index contributed by atoms with van der Waals surface area (Å²) in [7, 11) is 0. The van der Waals surface area contributed by atoms with E-state index in [1.165, 1.54) is 0 Å². The predicted octanol–water partition coefficient (Wildman–Crippen LogP) is 5.92. The number of amides is 2. The Bertz CT molecular complexity index is 1060. The van der Waals surface area contributed by atoms with Crippen LogP contribution in [0, 0.1) is 3.57 Å². The molecule has 7 heteroatoms. The molecule has 0 fully saturated rings. The lowest BCUT2D eigenvalue weighted by atomic mass is 10.2. The quantitative estimate of drug-likeness (QED) is 0.392. The van der Waals surface area contributed by atoms with E-state index in [1.54, 1.807) is 41.4 Å². The number of nitrogens with zero attached hydrogens (tertiary/aromatic N) is 2. The zero-order valence-corrected chi connectivity index (χ0v) is 20.5. The molecule has 0 aliphatic rings. The number of aromatic nitrogens is 1. The first-order valence-corrected chi connectivity index (χ1v) is 11.4. The highest BCUT2D eigenvalue weighted by atomic mass is 127. The van der Waals surface area contributed by atoms with Crippen molar-refractivity contribution in [1.29, 1.82) is 0 Å². The van der Waals surface area contributed by atoms with Crippen LogP contribution in [0.3, 0.4) is 0 Å². The van der Waals surface area contributed by atoms with Gasteiger partial charge in [0.2, 0.25) is 0 Å². The topological polar surface area (TPSA) is 71.5 Å². The number of benzene rings is 2. The maximum Gasteiger partial charge on any atom is 0.414 e. The molecule has 0 unspecified atom stereocenters. The van der Waals surface area contributed by atoms with Gasteiger partial charge in [-0.3, -0.25) is 14.7 Å². The zero-order chi connectivity index (χ0) is 23.1. The number of hydrogen-bond acceptors (Lipinski definition) is 4. The van der Waals surface area contributed by atoms with Gasteiger partial charge in [0.1, 0.15) is 5.60 Å². The second-order valence-corrected chi connectivity index (χ2v) is 9.35. The fourth-order valence-corrected chi connectivity index (χ4v) is 3.62. The van der Waals surface area contributed by atoms with Crippen LogP contribution in [0.1, 0.15) is 36.8 Å². The highest BCUT2D eigenvalue weighted by molar-refractivity contribution is 14.1. The molecule has 0 bridgehead atoms. The minimum absolute atomic E-state index is 0.179. The van der Waals surface area contributed by atoms with Crippen molar-refractivity contribution < 1.29 is 14.3 Å². The molecule has 0 aliphatic heterocycles. The van der Waals surface area contributed by atoms with Crippen LogP contribution in [0.25, 0.3) is 0 Å². The fourth-order valence-electron chi connectivity index (χ4n) is 2.98. The van der Waals surface area contributed by atoms with Gasteiger partial charge in [-0.2, -0.15) is 0 Å². The average molecular weight is 543 g/mol. The second kappa shape index (κ2) is 10.6. The molecule has 3 aromatic rings. The Morgan fingerprint density at radius 2 is 1.69 bits per heavy atom. The summed E-state index contributed by atoms with van der Waals surface area (Å²) in [6.45, 7) is 5.93. The van der Waals surface area contributed by atoms with Crippen LogP contribution in [0.4, 0.5) is 16.2 Å². The Hall–Kier alpha value is -2.94. The highest BCUT2D eigenvalue weighted by Gasteiger charge is 2.23. The molecule has 0 aliphatic carbocycles. The lowest BCUT2D eigenvalue weighted by Crippen LogP contribution is -2.38. The monoisotopic (exact) mass is 543 g/mol. The molecule has 0 saturated heterocycles. The molecule has 166 valence electrons. The van der Waals surface area contributed by atoms with Crippen molar-refractivity contribution in [2.24, 2.45) is 0 Å². The first kappa shape index (κ1) is 23.7. The number of rotatable bonds is 6. The molecular formula is C25H26IN3O3. The van der Waals surface area contributed by atoms with Crippen molar-refractivity contribution >= 4 is 46.0 Å². The van der Waals surface area contributed by atoms with Crippen LogP contribution in [0.2, 0.25) is 0 Å². The summed E-state index contributed by atoms with van der Waals surface area (Å²) in [5.41, 5.74) is 2.22. The van der Waals surface area contributed by atoms with Gasteiger partial charge in [0.25, 0.3) is 5.91 Å². The summed E-state index contributed by atoms with van der Waals surface area (Å²) < 4.78 is 6.48. The molecule has 2 amide bonds. The Morgan fingerprint density at radius 3 is 2.31 bits per heavy atom. The summed E-state index contributed by atoms with van der Waals surface area (Å²) >= 11 is 2.14. The molecule has 3 rings (SSSR count). The van der Waals surface area contributed by atoms with Crippen molar-refractivity contribution in [3.63, 3.8) is 0 Å². The zero-order valence-electron chi connectivity index (χ0n) is 18.3. The van der Waals surface area contributed by atoms with Crippen LogP contribution >= 0.6 is 22.6 Å². The molecule has 0 radical (unpaired) electrons. The number of nitrogens with one attached hydrogen (secondary N) is 1. The molecule has 1 aromatic heterocycles. The lowest BCUT2D eigenvalue weighted by Gasteiger charge is -2.27. The standard InChI is InChI=1S/C25H26IN3O3/c1-25(2,3)32-24(31)29(17-15-18-8-6-7-16-27-18)20-13-11-19(12-14-20)28-23(30)21-9-4-5-10-22(21)26/h4-14,16H,15,17H2,1-3H3,(H,28,30). The number of pyridine rings is 1. The first-order chi connectivity index (χ1) is 15.2. The number of ether oxygens (including phenoxy) is 1. The maximum atomic E-state index is 12.9. The van der Waals surface area contributed by atoms with Crippen LogP contribution in [-0.4, -0.2) is 29.1 Å². The molecule has 6 nitrogen and oxygen atoms in total. The third-order valence-electron chi connectivity index (χ3n) is 4.49. The summed E-state index contributed by atoms with van der Waals surface area (Å²) in [5, 5.41) is 2.90. The van der Waals surface area contributed by atoms with E-state index in [1.807, 2.05) is 57.2 Å². The third-order valence-corrected chi connectivity index (χ3v) is 5.43. The van der Waals surface area contributed by atoms with E-state index in [0.717, 1.165) is 9.26 Å². The Labute approximate surface area is 202 Å². The number of carbonyl (C=O) groups is 2. The normalized spacial score (nSPS) is 11.0. The summed E-state index contributed by atoms with van der Waals surface area (Å²) in [5.74, 6) is -0.179. The number of carbonyl (C=O) groups excluding carboxylic acids is 2. The Kier molecular flexibility index (Phi) is 7.84. The predicted molar refractivity (Wildman–Crippen MR) is 135 cm³/mol. The Morgan fingerprint density at radius 1 is 1.00 bits per heavy atom. The fraction of sp³-hybridized carbons (Fsp3) is 0.240. The number of hydrogen-bond donors (Lipinski definition) is 1. The smallest absolute Gasteiger partial charge is 0.414 e. The van der Waals surface area contributed by atoms with Crippen LogP contribution < -0.4 is 10.2 Å². The van der Waals surface area contributed by atoms with Crippen LogP contribution in [-0.2, 0) is 11.2 Å². The van der Waals surface area contributed by atoms with Crippen molar-refractivity contribution in [1.82, 2.24) is 4.98 Å². The van der Waals surface area contributed by atoms with Gasteiger partial charge in [0, 0.05) is 39.8 Å². The van der Waals surface area contributed by atoms with Gasteiger partial charge >= 0.3 is 6.09 Å². The van der Waals surface area contributed by atoms with E-state index < -0.39 is 11.7 Å². The van der Waals surface area contributed by atoms with E-state index >= 15 is 0 Å². The highest BCUT2D eigenvalue weighted by Crippen LogP contribution is 2.22. The van der Waals surface area contributed by atoms with E-state index in [4.69, 9.17) is 4.74 Å². The molecule has 32 heavy (non-hydrogen) atoms. The van der Waals surface area contributed by atoms with E-state index in [0.29, 0.717) is 29.9 Å². The lowest BCUT2D eigenvalue weighted by molar-refractivity contribution is 0.0580. The van der Waals surface area contributed by atoms with Crippen LogP contribution in [0.15, 0.2) is 72.9 Å². The van der Waals surface area contributed by atoms with Crippen LogP contribution in [0.5, 0.6) is 0 Å². The number of anilines is 2. The van der Waals surface area contributed by atoms with Gasteiger partial charge < -0.3 is 10.1 Å². The molecule has 0 saturated carbocycles. The van der Waals surface area contributed by atoms with Gasteiger partial charge in [0.05, 0.1) is 5.56 Å². The van der Waals surface area contributed by atoms with Gasteiger partial charge in [-0.05, 0) is 91.9 Å². The molecule has 1 heterocycles. The molecule has 2 aromatic carbocycles. The van der Waals surface area contributed by atoms with Crippen molar-refractivity contribution in [3.8, 4) is 0 Å². The second-order valence-electron chi connectivity index (χ2n) is 8.18. The van der Waals surface area contributed by atoms with E-state index in [9.17, 15) is 9.59 Å². The van der Waals surface area contributed by atoms with Gasteiger partial charge in [-0.1, -0.05) is 18.2 Å². The number of halogens is 1. The van der Waals surface area contributed by atoms with Crippen molar-refractivity contribution in [3.05, 3.63) is 87.8 Å². The van der Waals surface area contributed by atoms with Gasteiger partial charge in [0.15, 0.2) is 0 Å². The molecule has 0 spiro atoms. The average Bonchev–Trinajstić information content (AvgIpc) is 2.75. The van der Waals surface area contributed by atoms with Crippen molar-refractivity contribution in [2.75, 3.05) is 16.8 Å².